The first-order valence-electron chi connectivity index (χ1n) is 11.0. The van der Waals surface area contributed by atoms with E-state index < -0.39 is 0 Å². The summed E-state index contributed by atoms with van der Waals surface area (Å²) in [6.07, 6.45) is 2.24. The minimum atomic E-state index is -0.0946. The predicted octanol–water partition coefficient (Wildman–Crippen LogP) is 2.97. The summed E-state index contributed by atoms with van der Waals surface area (Å²) < 4.78 is 12.9. The molecular formula is C23H26N6O3S. The van der Waals surface area contributed by atoms with E-state index in [0.29, 0.717) is 31.7 Å². The number of methoxy groups -OCH3 is 1. The van der Waals surface area contributed by atoms with Crippen molar-refractivity contribution in [1.29, 1.82) is 0 Å². The molecule has 0 bridgehead atoms. The molecule has 0 saturated carbocycles. The number of benzene rings is 1. The van der Waals surface area contributed by atoms with Crippen LogP contribution in [0.15, 0.2) is 46.6 Å². The average Bonchev–Trinajstić information content (AvgIpc) is 3.59. The highest BCUT2D eigenvalue weighted by Crippen LogP contribution is 2.21. The fourth-order valence-corrected chi connectivity index (χ4v) is 4.91. The summed E-state index contributed by atoms with van der Waals surface area (Å²) in [6.45, 7) is 3.12. The van der Waals surface area contributed by atoms with Crippen LogP contribution >= 0.6 is 11.3 Å². The smallest absolute Gasteiger partial charge is 0.252 e. The summed E-state index contributed by atoms with van der Waals surface area (Å²) in [5, 5.41) is 15.3. The third kappa shape index (κ3) is 5.13. The van der Waals surface area contributed by atoms with E-state index >= 15 is 0 Å². The topological polar surface area (TPSA) is 98.2 Å². The van der Waals surface area contributed by atoms with Crippen molar-refractivity contribution in [3.63, 3.8) is 0 Å². The van der Waals surface area contributed by atoms with Gasteiger partial charge in [0.05, 0.1) is 26.3 Å². The molecule has 5 rings (SSSR count). The van der Waals surface area contributed by atoms with Crippen molar-refractivity contribution in [1.82, 2.24) is 30.1 Å². The molecule has 9 nitrogen and oxygen atoms in total. The fourth-order valence-electron chi connectivity index (χ4n) is 4.17. The molecule has 10 heteroatoms. The van der Waals surface area contributed by atoms with E-state index in [-0.39, 0.29) is 11.7 Å². The van der Waals surface area contributed by atoms with Gasteiger partial charge >= 0.3 is 0 Å². The quantitative estimate of drug-likeness (QED) is 0.405. The van der Waals surface area contributed by atoms with Gasteiger partial charge in [-0.25, -0.2) is 4.68 Å². The molecule has 3 aromatic heterocycles. The molecule has 1 saturated heterocycles. The van der Waals surface area contributed by atoms with Crippen LogP contribution in [0.1, 0.15) is 29.1 Å². The first-order valence-corrected chi connectivity index (χ1v) is 11.9. The van der Waals surface area contributed by atoms with E-state index in [4.69, 9.17) is 9.47 Å². The van der Waals surface area contributed by atoms with Gasteiger partial charge in [-0.3, -0.25) is 9.69 Å². The maximum Gasteiger partial charge on any atom is 0.252 e. The summed E-state index contributed by atoms with van der Waals surface area (Å²) in [5.41, 5.74) is 1.38. The molecule has 0 aliphatic carbocycles. The van der Waals surface area contributed by atoms with Gasteiger partial charge in [-0.05, 0) is 59.0 Å². The molecule has 0 radical (unpaired) electrons. The van der Waals surface area contributed by atoms with E-state index in [1.54, 1.807) is 18.4 Å². The first kappa shape index (κ1) is 21.7. The van der Waals surface area contributed by atoms with Crippen LogP contribution in [0.2, 0.25) is 0 Å². The van der Waals surface area contributed by atoms with Crippen molar-refractivity contribution in [3.05, 3.63) is 68.4 Å². The summed E-state index contributed by atoms with van der Waals surface area (Å²) in [5.74, 6) is 1.52. The number of fused-ring (bicyclic) bond motifs is 1. The number of ether oxygens (including phenoxy) is 2. The number of nitrogens with zero attached hydrogens (tertiary/aromatic N) is 5. The molecule has 1 aliphatic rings. The van der Waals surface area contributed by atoms with Gasteiger partial charge in [0.1, 0.15) is 5.75 Å². The number of rotatable bonds is 9. The zero-order valence-electron chi connectivity index (χ0n) is 18.4. The zero-order chi connectivity index (χ0) is 22.6. The minimum absolute atomic E-state index is 0.0946. The molecular weight excluding hydrogens is 440 g/mol. The summed E-state index contributed by atoms with van der Waals surface area (Å²) in [7, 11) is 1.64. The molecule has 1 aromatic carbocycles. The lowest BCUT2D eigenvalue weighted by molar-refractivity contribution is 0.0915. The van der Waals surface area contributed by atoms with Gasteiger partial charge in [0.25, 0.3) is 5.56 Å². The number of hydrogen-bond acceptors (Lipinski definition) is 8. The second-order valence-corrected chi connectivity index (χ2v) is 9.25. The number of thiophene rings is 1. The summed E-state index contributed by atoms with van der Waals surface area (Å²) >= 11 is 1.69. The lowest BCUT2D eigenvalue weighted by Gasteiger charge is -2.21. The Bertz CT molecular complexity index is 1260. The Morgan fingerprint density at radius 2 is 2.21 bits per heavy atom. The SMILES string of the molecule is COc1ccc2[nH]c(=O)c(CN(Cc3cccs3)Cc3nnnn3CC3CCCO3)cc2c1. The van der Waals surface area contributed by atoms with E-state index in [1.165, 1.54) is 4.88 Å². The van der Waals surface area contributed by atoms with Crippen molar-refractivity contribution < 1.29 is 9.47 Å². The van der Waals surface area contributed by atoms with Gasteiger partial charge in [-0.2, -0.15) is 0 Å². The number of aromatic nitrogens is 5. The molecule has 33 heavy (non-hydrogen) atoms. The van der Waals surface area contributed by atoms with Gasteiger partial charge in [-0.1, -0.05) is 6.07 Å². The van der Waals surface area contributed by atoms with E-state index in [0.717, 1.165) is 41.9 Å². The minimum Gasteiger partial charge on any atom is -0.497 e. The van der Waals surface area contributed by atoms with Crippen molar-refractivity contribution in [2.45, 2.75) is 45.1 Å². The third-order valence-corrected chi connectivity index (χ3v) is 6.71. The Morgan fingerprint density at radius 3 is 3.00 bits per heavy atom. The molecule has 1 aliphatic heterocycles. The van der Waals surface area contributed by atoms with Crippen LogP contribution in [0.4, 0.5) is 0 Å². The van der Waals surface area contributed by atoms with Gasteiger partial charge in [-0.15, -0.1) is 16.4 Å². The molecule has 1 unspecified atom stereocenters. The highest BCUT2D eigenvalue weighted by molar-refractivity contribution is 7.09. The molecule has 4 aromatic rings. The highest BCUT2D eigenvalue weighted by Gasteiger charge is 2.21. The van der Waals surface area contributed by atoms with Crippen LogP contribution in [0, 0.1) is 0 Å². The van der Waals surface area contributed by atoms with Gasteiger partial charge in [0.2, 0.25) is 0 Å². The van der Waals surface area contributed by atoms with Crippen molar-refractivity contribution in [2.75, 3.05) is 13.7 Å². The molecule has 4 heterocycles. The van der Waals surface area contributed by atoms with Crippen molar-refractivity contribution >= 4 is 22.2 Å². The zero-order valence-corrected chi connectivity index (χ0v) is 19.3. The number of H-pyrrole nitrogens is 1. The fraction of sp³-hybridized carbons (Fsp3) is 0.391. The number of hydrogen-bond donors (Lipinski definition) is 1. The van der Waals surface area contributed by atoms with Crippen LogP contribution in [0.5, 0.6) is 5.75 Å². The lowest BCUT2D eigenvalue weighted by atomic mass is 10.1. The van der Waals surface area contributed by atoms with E-state index in [9.17, 15) is 4.79 Å². The monoisotopic (exact) mass is 466 g/mol. The second-order valence-electron chi connectivity index (χ2n) is 8.21. The largest absolute Gasteiger partial charge is 0.497 e. The van der Waals surface area contributed by atoms with Gasteiger partial charge in [0.15, 0.2) is 5.82 Å². The van der Waals surface area contributed by atoms with Crippen LogP contribution < -0.4 is 10.3 Å². The highest BCUT2D eigenvalue weighted by atomic mass is 32.1. The molecule has 172 valence electrons. The predicted molar refractivity (Wildman–Crippen MR) is 125 cm³/mol. The Labute approximate surface area is 194 Å². The average molecular weight is 467 g/mol. The normalized spacial score (nSPS) is 16.1. The van der Waals surface area contributed by atoms with Crippen molar-refractivity contribution in [3.8, 4) is 5.75 Å². The number of nitrogens with one attached hydrogen (secondary N) is 1. The molecule has 1 fully saturated rings. The summed E-state index contributed by atoms with van der Waals surface area (Å²) in [4.78, 5) is 19.3. The van der Waals surface area contributed by atoms with Crippen molar-refractivity contribution in [2.24, 2.45) is 0 Å². The molecule has 0 spiro atoms. The summed E-state index contributed by atoms with van der Waals surface area (Å²) in [6, 6.07) is 11.7. The van der Waals surface area contributed by atoms with Gasteiger partial charge < -0.3 is 14.5 Å². The first-order chi connectivity index (χ1) is 16.2. The second kappa shape index (κ2) is 9.82. The Morgan fingerprint density at radius 1 is 1.27 bits per heavy atom. The van der Waals surface area contributed by atoms with Gasteiger partial charge in [0, 0.05) is 41.0 Å². The van der Waals surface area contributed by atoms with E-state index in [2.05, 4.69) is 36.9 Å². The lowest BCUT2D eigenvalue weighted by Crippen LogP contribution is -2.28. The molecule has 1 N–H and O–H groups in total. The van der Waals surface area contributed by atoms with Crippen LogP contribution in [0.25, 0.3) is 10.9 Å². The van der Waals surface area contributed by atoms with E-state index in [1.807, 2.05) is 35.0 Å². The van der Waals surface area contributed by atoms with Crippen LogP contribution in [-0.4, -0.2) is 49.9 Å². The van der Waals surface area contributed by atoms with Crippen LogP contribution in [0.3, 0.4) is 0 Å². The number of tetrazole rings is 1. The Hall–Kier alpha value is -3.08. The number of pyridine rings is 1. The Kier molecular flexibility index (Phi) is 6.47. The Balaban J connectivity index is 1.41. The maximum atomic E-state index is 12.9. The van der Waals surface area contributed by atoms with Crippen LogP contribution in [-0.2, 0) is 30.9 Å². The molecule has 0 amide bonds. The third-order valence-electron chi connectivity index (χ3n) is 5.85. The maximum absolute atomic E-state index is 12.9. The molecule has 1 atom stereocenters. The number of aromatic amines is 1. The standard InChI is InChI=1S/C23H26N6O3S/c1-31-18-6-7-21-16(11-18)10-17(23(30)24-21)12-28(14-20-5-3-9-33-20)15-22-25-26-27-29(22)13-19-4-2-8-32-19/h3,5-7,9-11,19H,2,4,8,12-15H2,1H3,(H,24,30).